The van der Waals surface area contributed by atoms with Crippen LogP contribution in [0, 0.1) is 6.92 Å². The molecule has 0 saturated carbocycles. The van der Waals surface area contributed by atoms with Gasteiger partial charge in [-0.1, -0.05) is 0 Å². The predicted molar refractivity (Wildman–Crippen MR) is 54.8 cm³/mol. The highest BCUT2D eigenvalue weighted by molar-refractivity contribution is 5.25. The molecule has 1 aromatic rings. The van der Waals surface area contributed by atoms with E-state index in [1.54, 1.807) is 12.4 Å². The first-order chi connectivity index (χ1) is 7.15. The fourth-order valence-electron chi connectivity index (χ4n) is 1.39. The highest BCUT2D eigenvalue weighted by atomic mass is 19.3. The molecule has 5 heteroatoms. The van der Waals surface area contributed by atoms with Crippen LogP contribution in [0.4, 0.5) is 8.78 Å². The zero-order chi connectivity index (χ0) is 11.3. The average molecular weight is 215 g/mol. The largest absolute Gasteiger partial charge is 0.329 e. The number of hydrogen-bond acceptors (Lipinski definition) is 3. The Hall–Kier alpha value is -1.07. The standard InChI is InChI=1S/C10H15F2N3/c1-7-2-3-14-5-8(7)9(4-13)15-6-10(11)12/h2-3,5,9-10,15H,4,6,13H2,1H3. The number of aryl methyl sites for hydroxylation is 1. The summed E-state index contributed by atoms with van der Waals surface area (Å²) in [5, 5.41) is 2.71. The zero-order valence-corrected chi connectivity index (χ0v) is 8.58. The molecule has 1 atom stereocenters. The van der Waals surface area contributed by atoms with Gasteiger partial charge in [-0.2, -0.15) is 0 Å². The van der Waals surface area contributed by atoms with E-state index in [1.807, 2.05) is 13.0 Å². The van der Waals surface area contributed by atoms with Gasteiger partial charge in [-0.25, -0.2) is 8.78 Å². The van der Waals surface area contributed by atoms with Crippen molar-refractivity contribution in [3.05, 3.63) is 29.6 Å². The topological polar surface area (TPSA) is 50.9 Å². The number of aromatic nitrogens is 1. The van der Waals surface area contributed by atoms with Crippen LogP contribution in [0.5, 0.6) is 0 Å². The molecule has 15 heavy (non-hydrogen) atoms. The van der Waals surface area contributed by atoms with Crippen molar-refractivity contribution in [2.45, 2.75) is 19.4 Å². The normalized spacial score (nSPS) is 13.1. The van der Waals surface area contributed by atoms with Gasteiger partial charge in [-0.3, -0.25) is 4.98 Å². The quantitative estimate of drug-likeness (QED) is 0.777. The second kappa shape index (κ2) is 5.72. The molecule has 1 unspecified atom stereocenters. The molecule has 0 bridgehead atoms. The Balaban J connectivity index is 2.70. The Kier molecular flexibility index (Phi) is 4.58. The summed E-state index contributed by atoms with van der Waals surface area (Å²) in [7, 11) is 0. The van der Waals surface area contributed by atoms with Crippen LogP contribution in [0.1, 0.15) is 17.2 Å². The number of pyridine rings is 1. The molecule has 0 saturated heterocycles. The summed E-state index contributed by atoms with van der Waals surface area (Å²) in [6.07, 6.45) is 0.959. The number of nitrogens with one attached hydrogen (secondary N) is 1. The molecule has 1 aromatic heterocycles. The van der Waals surface area contributed by atoms with Crippen molar-refractivity contribution >= 4 is 0 Å². The van der Waals surface area contributed by atoms with Gasteiger partial charge in [-0.05, 0) is 24.1 Å². The van der Waals surface area contributed by atoms with E-state index < -0.39 is 6.43 Å². The van der Waals surface area contributed by atoms with Crippen molar-refractivity contribution in [2.24, 2.45) is 5.73 Å². The first-order valence-corrected chi connectivity index (χ1v) is 4.77. The Labute approximate surface area is 87.7 Å². The fourth-order valence-corrected chi connectivity index (χ4v) is 1.39. The van der Waals surface area contributed by atoms with Gasteiger partial charge in [0.2, 0.25) is 0 Å². The van der Waals surface area contributed by atoms with E-state index in [0.717, 1.165) is 11.1 Å². The van der Waals surface area contributed by atoms with Gasteiger partial charge < -0.3 is 11.1 Å². The van der Waals surface area contributed by atoms with Crippen molar-refractivity contribution in [1.82, 2.24) is 10.3 Å². The van der Waals surface area contributed by atoms with Gasteiger partial charge in [0.05, 0.1) is 6.54 Å². The van der Waals surface area contributed by atoms with Gasteiger partial charge in [-0.15, -0.1) is 0 Å². The van der Waals surface area contributed by atoms with E-state index in [-0.39, 0.29) is 19.1 Å². The molecule has 3 N–H and O–H groups in total. The number of rotatable bonds is 5. The zero-order valence-electron chi connectivity index (χ0n) is 8.58. The maximum atomic E-state index is 12.0. The van der Waals surface area contributed by atoms with Crippen molar-refractivity contribution < 1.29 is 8.78 Å². The van der Waals surface area contributed by atoms with Crippen LogP contribution in [-0.2, 0) is 0 Å². The fraction of sp³-hybridized carbons (Fsp3) is 0.500. The monoisotopic (exact) mass is 215 g/mol. The summed E-state index contributed by atoms with van der Waals surface area (Å²) in [6, 6.07) is 1.58. The highest BCUT2D eigenvalue weighted by Crippen LogP contribution is 2.15. The Morgan fingerprint density at radius 2 is 2.27 bits per heavy atom. The molecular weight excluding hydrogens is 200 g/mol. The summed E-state index contributed by atoms with van der Waals surface area (Å²) < 4.78 is 24.1. The lowest BCUT2D eigenvalue weighted by Gasteiger charge is -2.18. The third-order valence-electron chi connectivity index (χ3n) is 2.21. The number of nitrogens with zero attached hydrogens (tertiary/aromatic N) is 1. The van der Waals surface area contributed by atoms with Crippen LogP contribution in [0.15, 0.2) is 18.5 Å². The maximum absolute atomic E-state index is 12.0. The summed E-state index contributed by atoms with van der Waals surface area (Å²) >= 11 is 0. The van der Waals surface area contributed by atoms with E-state index in [4.69, 9.17) is 5.73 Å². The van der Waals surface area contributed by atoms with E-state index in [9.17, 15) is 8.78 Å². The van der Waals surface area contributed by atoms with Gasteiger partial charge in [0.1, 0.15) is 0 Å². The van der Waals surface area contributed by atoms with E-state index in [0.29, 0.717) is 0 Å². The molecule has 0 radical (unpaired) electrons. The minimum absolute atomic E-state index is 0.257. The number of halogens is 2. The van der Waals surface area contributed by atoms with Gasteiger partial charge in [0.25, 0.3) is 6.43 Å². The molecular formula is C10H15F2N3. The third kappa shape index (κ3) is 3.53. The molecule has 0 aliphatic heterocycles. The third-order valence-corrected chi connectivity index (χ3v) is 2.21. The summed E-state index contributed by atoms with van der Waals surface area (Å²) in [5.74, 6) is 0. The molecule has 1 heterocycles. The Morgan fingerprint density at radius 1 is 1.53 bits per heavy atom. The molecule has 0 aromatic carbocycles. The van der Waals surface area contributed by atoms with Crippen LogP contribution in [0.3, 0.4) is 0 Å². The van der Waals surface area contributed by atoms with Crippen molar-refractivity contribution in [3.63, 3.8) is 0 Å². The lowest BCUT2D eigenvalue weighted by atomic mass is 10.0. The first-order valence-electron chi connectivity index (χ1n) is 4.77. The van der Waals surface area contributed by atoms with Crippen molar-refractivity contribution in [1.29, 1.82) is 0 Å². The summed E-state index contributed by atoms with van der Waals surface area (Å²) in [5.41, 5.74) is 7.40. The molecule has 3 nitrogen and oxygen atoms in total. The van der Waals surface area contributed by atoms with Crippen LogP contribution >= 0.6 is 0 Å². The number of nitrogens with two attached hydrogens (primary N) is 1. The average Bonchev–Trinajstić information content (AvgIpc) is 2.21. The molecule has 1 rings (SSSR count). The van der Waals surface area contributed by atoms with Gasteiger partial charge >= 0.3 is 0 Å². The Morgan fingerprint density at radius 3 is 2.80 bits per heavy atom. The maximum Gasteiger partial charge on any atom is 0.250 e. The number of hydrogen-bond donors (Lipinski definition) is 2. The van der Waals surface area contributed by atoms with Crippen LogP contribution in [0.2, 0.25) is 0 Å². The van der Waals surface area contributed by atoms with Crippen molar-refractivity contribution in [3.8, 4) is 0 Å². The van der Waals surface area contributed by atoms with Crippen molar-refractivity contribution in [2.75, 3.05) is 13.1 Å². The van der Waals surface area contributed by atoms with Crippen LogP contribution in [-0.4, -0.2) is 24.5 Å². The lowest BCUT2D eigenvalue weighted by Crippen LogP contribution is -2.32. The predicted octanol–water partition coefficient (Wildman–Crippen LogP) is 1.24. The molecule has 0 spiro atoms. The molecule has 0 amide bonds. The first kappa shape index (κ1) is 12.0. The Bertz CT molecular complexity index is 304. The van der Waals surface area contributed by atoms with E-state index in [2.05, 4.69) is 10.3 Å². The molecule has 0 aliphatic carbocycles. The second-order valence-corrected chi connectivity index (χ2v) is 3.32. The minimum atomic E-state index is -2.36. The smallest absolute Gasteiger partial charge is 0.250 e. The van der Waals surface area contributed by atoms with E-state index in [1.165, 1.54) is 0 Å². The van der Waals surface area contributed by atoms with Gasteiger partial charge in [0.15, 0.2) is 0 Å². The lowest BCUT2D eigenvalue weighted by molar-refractivity contribution is 0.141. The summed E-state index contributed by atoms with van der Waals surface area (Å²) in [4.78, 5) is 3.96. The second-order valence-electron chi connectivity index (χ2n) is 3.32. The van der Waals surface area contributed by atoms with Gasteiger partial charge in [0, 0.05) is 25.0 Å². The SMILES string of the molecule is Cc1ccncc1C(CN)NCC(F)F. The number of alkyl halides is 2. The van der Waals surface area contributed by atoms with Crippen LogP contribution in [0.25, 0.3) is 0 Å². The molecule has 84 valence electrons. The van der Waals surface area contributed by atoms with Crippen LogP contribution < -0.4 is 11.1 Å². The summed E-state index contributed by atoms with van der Waals surface area (Å²) in [6.45, 7) is 1.83. The highest BCUT2D eigenvalue weighted by Gasteiger charge is 2.13. The minimum Gasteiger partial charge on any atom is -0.329 e. The molecule has 0 fully saturated rings. The van der Waals surface area contributed by atoms with E-state index >= 15 is 0 Å². The molecule has 0 aliphatic rings.